The van der Waals surface area contributed by atoms with Crippen LogP contribution in [0.5, 0.6) is 0 Å². The van der Waals surface area contributed by atoms with Crippen LogP contribution in [0.15, 0.2) is 12.2 Å². The molecule has 88 valence electrons. The summed E-state index contributed by atoms with van der Waals surface area (Å²) in [7, 11) is 0. The number of aliphatic carboxylic acids is 1. The van der Waals surface area contributed by atoms with Crippen LogP contribution in [-0.2, 0) is 9.59 Å². The number of hydrogen-bond donors (Lipinski definition) is 3. The topological polar surface area (TPSA) is 86.6 Å². The third-order valence-corrected chi connectivity index (χ3v) is 1.34. The smallest absolute Gasteiger partial charge is 0.329 e. The summed E-state index contributed by atoms with van der Waals surface area (Å²) in [6.07, 6.45) is 2.15. The summed E-state index contributed by atoms with van der Waals surface area (Å²) < 4.78 is 0. The highest BCUT2D eigenvalue weighted by Crippen LogP contribution is 1.87. The van der Waals surface area contributed by atoms with Gasteiger partial charge in [0.25, 0.3) is 0 Å². The van der Waals surface area contributed by atoms with Gasteiger partial charge in [-0.2, -0.15) is 0 Å². The molecule has 0 aromatic carbocycles. The highest BCUT2D eigenvalue weighted by molar-refractivity contribution is 5.91. The highest BCUT2D eigenvalue weighted by Gasteiger charge is 1.97. The maximum atomic E-state index is 10.8. The number of hydrogen-bond acceptors (Lipinski definition) is 3. The number of amides is 1. The first-order valence-electron chi connectivity index (χ1n) is 4.72. The summed E-state index contributed by atoms with van der Waals surface area (Å²) in [6.45, 7) is 7.31. The van der Waals surface area contributed by atoms with Crippen molar-refractivity contribution in [2.45, 2.75) is 26.7 Å². The first-order chi connectivity index (χ1) is 6.95. The Morgan fingerprint density at radius 1 is 1.40 bits per heavy atom. The van der Waals surface area contributed by atoms with Gasteiger partial charge in [0.2, 0.25) is 5.91 Å². The molecule has 0 aromatic heterocycles. The molecule has 15 heavy (non-hydrogen) atoms. The first kappa shape index (κ1) is 16.1. The molecule has 5 nitrogen and oxygen atoms in total. The van der Waals surface area contributed by atoms with Crippen molar-refractivity contribution in [2.75, 3.05) is 13.2 Å². The van der Waals surface area contributed by atoms with E-state index < -0.39 is 12.6 Å². The summed E-state index contributed by atoms with van der Waals surface area (Å²) in [5, 5.41) is 17.8. The zero-order chi connectivity index (χ0) is 12.3. The van der Waals surface area contributed by atoms with E-state index in [0.29, 0.717) is 5.57 Å². The van der Waals surface area contributed by atoms with Crippen LogP contribution in [-0.4, -0.2) is 35.2 Å². The first-order valence-corrected chi connectivity index (χ1v) is 4.72. The molecule has 5 heteroatoms. The van der Waals surface area contributed by atoms with Gasteiger partial charge in [-0.15, -0.1) is 0 Å². The predicted molar refractivity (Wildman–Crippen MR) is 57.5 cm³/mol. The summed E-state index contributed by atoms with van der Waals surface area (Å²) in [4.78, 5) is 19.9. The van der Waals surface area contributed by atoms with Gasteiger partial charge in [-0.3, -0.25) is 4.79 Å². The number of carboxylic acids is 1. The van der Waals surface area contributed by atoms with E-state index in [9.17, 15) is 4.79 Å². The third kappa shape index (κ3) is 15.4. The van der Waals surface area contributed by atoms with Crippen molar-refractivity contribution in [3.8, 4) is 0 Å². The fourth-order valence-electron chi connectivity index (χ4n) is 0.530. The fourth-order valence-corrected chi connectivity index (χ4v) is 0.530. The van der Waals surface area contributed by atoms with Crippen LogP contribution in [0.1, 0.15) is 26.7 Å². The van der Waals surface area contributed by atoms with Gasteiger partial charge >= 0.3 is 5.97 Å². The fraction of sp³-hybridized carbons (Fsp3) is 0.600. The molecule has 0 aliphatic rings. The lowest BCUT2D eigenvalue weighted by Gasteiger charge is -2.01. The van der Waals surface area contributed by atoms with E-state index in [1.165, 1.54) is 0 Å². The van der Waals surface area contributed by atoms with Crippen molar-refractivity contribution in [1.82, 2.24) is 5.32 Å². The minimum atomic E-state index is -1.19. The average molecular weight is 217 g/mol. The number of aliphatic hydroxyl groups excluding tert-OH is 1. The summed E-state index contributed by atoms with van der Waals surface area (Å²) in [5.41, 5.74) is 0.580. The molecule has 3 N–H and O–H groups in total. The number of carboxylic acid groups (broad SMARTS) is 1. The van der Waals surface area contributed by atoms with E-state index in [1.807, 2.05) is 0 Å². The van der Waals surface area contributed by atoms with Gasteiger partial charge < -0.3 is 15.5 Å². The van der Waals surface area contributed by atoms with Gasteiger partial charge in [-0.1, -0.05) is 19.9 Å². The van der Waals surface area contributed by atoms with Gasteiger partial charge in [0.15, 0.2) is 0 Å². The van der Waals surface area contributed by atoms with Crippen LogP contribution in [0.2, 0.25) is 0 Å². The van der Waals surface area contributed by atoms with Crippen LogP contribution in [0.25, 0.3) is 0 Å². The lowest BCUT2D eigenvalue weighted by molar-refractivity contribution is -0.140. The van der Waals surface area contributed by atoms with Gasteiger partial charge in [-0.25, -0.2) is 4.79 Å². The predicted octanol–water partition coefficient (Wildman–Crippen LogP) is 0.542. The molecule has 0 unspecified atom stereocenters. The van der Waals surface area contributed by atoms with Crippen molar-refractivity contribution in [3.63, 3.8) is 0 Å². The molecule has 0 aliphatic carbocycles. The average Bonchev–Trinajstić information content (AvgIpc) is 2.18. The molecule has 1 amide bonds. The molecule has 0 aliphatic heterocycles. The number of nitrogens with one attached hydrogen (secondary N) is 1. The molecule has 0 radical (unpaired) electrons. The third-order valence-electron chi connectivity index (χ3n) is 1.34. The molecule has 0 fully saturated rings. The van der Waals surface area contributed by atoms with Crippen molar-refractivity contribution < 1.29 is 19.8 Å². The standard InChI is InChI=1S/C8H15NO.C2H4O3/c1-4-5-6-9-8(10)7(2)3;3-1-2(4)5/h2,4-6H2,1,3H3,(H,9,10);3H,1H2,(H,4,5). The Bertz CT molecular complexity index is 213. The maximum absolute atomic E-state index is 10.8. The van der Waals surface area contributed by atoms with E-state index in [0.717, 1.165) is 19.4 Å². The van der Waals surface area contributed by atoms with Crippen LogP contribution in [0.4, 0.5) is 0 Å². The maximum Gasteiger partial charge on any atom is 0.329 e. The van der Waals surface area contributed by atoms with Gasteiger partial charge in [0, 0.05) is 12.1 Å². The molecule has 0 saturated carbocycles. The molecule has 0 heterocycles. The van der Waals surface area contributed by atoms with Gasteiger partial charge in [-0.05, 0) is 13.3 Å². The van der Waals surface area contributed by atoms with Gasteiger partial charge in [0.1, 0.15) is 6.61 Å². The number of carbonyl (C=O) groups is 2. The van der Waals surface area contributed by atoms with E-state index >= 15 is 0 Å². The monoisotopic (exact) mass is 217 g/mol. The van der Waals surface area contributed by atoms with Crippen molar-refractivity contribution in [3.05, 3.63) is 12.2 Å². The number of unbranched alkanes of at least 4 members (excludes halogenated alkanes) is 1. The number of carbonyl (C=O) groups excluding carboxylic acids is 1. The van der Waals surface area contributed by atoms with E-state index in [1.54, 1.807) is 6.92 Å². The van der Waals surface area contributed by atoms with Crippen molar-refractivity contribution in [1.29, 1.82) is 0 Å². The Morgan fingerprint density at radius 2 is 1.87 bits per heavy atom. The summed E-state index contributed by atoms with van der Waals surface area (Å²) in [5.74, 6) is -1.22. The molecule has 0 saturated heterocycles. The highest BCUT2D eigenvalue weighted by atomic mass is 16.4. The quantitative estimate of drug-likeness (QED) is 0.463. The zero-order valence-corrected chi connectivity index (χ0v) is 9.25. The minimum Gasteiger partial charge on any atom is -0.480 e. The number of aliphatic hydroxyl groups is 1. The molecule has 0 rings (SSSR count). The molecule has 0 bridgehead atoms. The Balaban J connectivity index is 0. The van der Waals surface area contributed by atoms with E-state index in [4.69, 9.17) is 15.0 Å². The molecule has 0 aromatic rings. The minimum absolute atomic E-state index is 0.0338. The largest absolute Gasteiger partial charge is 0.480 e. The SMILES string of the molecule is C=C(C)C(=O)NCCCC.O=C(O)CO. The second kappa shape index (κ2) is 10.7. The van der Waals surface area contributed by atoms with E-state index in [2.05, 4.69) is 18.8 Å². The molecule has 0 spiro atoms. The zero-order valence-electron chi connectivity index (χ0n) is 9.25. The van der Waals surface area contributed by atoms with Crippen LogP contribution in [0.3, 0.4) is 0 Å². The molecular weight excluding hydrogens is 198 g/mol. The summed E-state index contributed by atoms with van der Waals surface area (Å²) in [6, 6.07) is 0. The van der Waals surface area contributed by atoms with Gasteiger partial charge in [0.05, 0.1) is 0 Å². The normalized spacial score (nSPS) is 8.47. The lowest BCUT2D eigenvalue weighted by Crippen LogP contribution is -2.24. The second-order valence-corrected chi connectivity index (χ2v) is 2.94. The summed E-state index contributed by atoms with van der Waals surface area (Å²) >= 11 is 0. The van der Waals surface area contributed by atoms with Crippen molar-refractivity contribution >= 4 is 11.9 Å². The van der Waals surface area contributed by atoms with E-state index in [-0.39, 0.29) is 5.91 Å². The number of rotatable bonds is 5. The van der Waals surface area contributed by atoms with Crippen LogP contribution < -0.4 is 5.32 Å². The lowest BCUT2D eigenvalue weighted by atomic mass is 10.3. The second-order valence-electron chi connectivity index (χ2n) is 2.94. The Labute approximate surface area is 89.8 Å². The molecular formula is C10H19NO4. The Morgan fingerprint density at radius 3 is 2.13 bits per heavy atom. The molecule has 0 atom stereocenters. The van der Waals surface area contributed by atoms with Crippen LogP contribution >= 0.6 is 0 Å². The Hall–Kier alpha value is -1.36. The Kier molecular flexibility index (Phi) is 11.5. The van der Waals surface area contributed by atoms with Crippen LogP contribution in [0, 0.1) is 0 Å². The van der Waals surface area contributed by atoms with Crippen molar-refractivity contribution in [2.24, 2.45) is 0 Å².